The van der Waals surface area contributed by atoms with Gasteiger partial charge in [0.05, 0.1) is 0 Å². The SMILES string of the molecule is O=C(CCC1CCNC1)Nc1ccc2c(c1)Cc1ccccc1-2. The van der Waals surface area contributed by atoms with E-state index in [0.717, 1.165) is 31.6 Å². The number of amides is 1. The van der Waals surface area contributed by atoms with Gasteiger partial charge in [-0.3, -0.25) is 4.79 Å². The van der Waals surface area contributed by atoms with Gasteiger partial charge in [-0.1, -0.05) is 30.3 Å². The van der Waals surface area contributed by atoms with Crippen LogP contribution in [0.1, 0.15) is 30.4 Å². The average molecular weight is 306 g/mol. The zero-order valence-electron chi connectivity index (χ0n) is 13.3. The van der Waals surface area contributed by atoms with Crippen molar-refractivity contribution in [1.29, 1.82) is 0 Å². The molecule has 0 aromatic heterocycles. The number of benzene rings is 2. The summed E-state index contributed by atoms with van der Waals surface area (Å²) in [6, 6.07) is 14.8. The highest BCUT2D eigenvalue weighted by Gasteiger charge is 2.19. The molecule has 1 atom stereocenters. The lowest BCUT2D eigenvalue weighted by molar-refractivity contribution is -0.116. The van der Waals surface area contributed by atoms with Gasteiger partial charge in [-0.15, -0.1) is 0 Å². The number of fused-ring (bicyclic) bond motifs is 3. The molecule has 0 spiro atoms. The quantitative estimate of drug-likeness (QED) is 0.773. The first-order chi connectivity index (χ1) is 11.3. The number of hydrogen-bond acceptors (Lipinski definition) is 2. The lowest BCUT2D eigenvalue weighted by Crippen LogP contribution is -2.15. The summed E-state index contributed by atoms with van der Waals surface area (Å²) in [5.74, 6) is 0.794. The molecule has 2 aliphatic rings. The summed E-state index contributed by atoms with van der Waals surface area (Å²) in [5, 5.41) is 6.41. The van der Waals surface area contributed by atoms with Crippen molar-refractivity contribution in [2.24, 2.45) is 5.92 Å². The van der Waals surface area contributed by atoms with E-state index in [1.807, 2.05) is 6.07 Å². The molecule has 0 saturated carbocycles. The molecule has 23 heavy (non-hydrogen) atoms. The zero-order chi connectivity index (χ0) is 15.6. The molecule has 2 N–H and O–H groups in total. The predicted octanol–water partition coefficient (Wildman–Crippen LogP) is 3.59. The second-order valence-electron chi connectivity index (χ2n) is 6.65. The van der Waals surface area contributed by atoms with E-state index >= 15 is 0 Å². The van der Waals surface area contributed by atoms with Gasteiger partial charge in [0.1, 0.15) is 0 Å². The summed E-state index contributed by atoms with van der Waals surface area (Å²) in [5.41, 5.74) is 6.24. The van der Waals surface area contributed by atoms with Crippen molar-refractivity contribution in [2.45, 2.75) is 25.7 Å². The van der Waals surface area contributed by atoms with Crippen LogP contribution < -0.4 is 10.6 Å². The lowest BCUT2D eigenvalue weighted by Gasteiger charge is -2.10. The van der Waals surface area contributed by atoms with Crippen LogP contribution in [0.4, 0.5) is 5.69 Å². The molecule has 3 heteroatoms. The minimum Gasteiger partial charge on any atom is -0.326 e. The van der Waals surface area contributed by atoms with E-state index in [0.29, 0.717) is 12.3 Å². The van der Waals surface area contributed by atoms with E-state index in [4.69, 9.17) is 0 Å². The number of carbonyl (C=O) groups is 1. The van der Waals surface area contributed by atoms with Gasteiger partial charge in [-0.05, 0) is 72.7 Å². The van der Waals surface area contributed by atoms with Crippen molar-refractivity contribution >= 4 is 11.6 Å². The van der Waals surface area contributed by atoms with Crippen LogP contribution in [0.25, 0.3) is 11.1 Å². The number of rotatable bonds is 4. The summed E-state index contributed by atoms with van der Waals surface area (Å²) in [4.78, 5) is 12.2. The fourth-order valence-corrected chi connectivity index (χ4v) is 3.74. The van der Waals surface area contributed by atoms with Crippen LogP contribution in [-0.2, 0) is 11.2 Å². The van der Waals surface area contributed by atoms with Gasteiger partial charge in [0.25, 0.3) is 0 Å². The van der Waals surface area contributed by atoms with Gasteiger partial charge in [0.15, 0.2) is 0 Å². The first kappa shape index (κ1) is 14.5. The van der Waals surface area contributed by atoms with Crippen LogP contribution in [0.2, 0.25) is 0 Å². The Balaban J connectivity index is 1.41. The summed E-state index contributed by atoms with van der Waals surface area (Å²) in [6.45, 7) is 2.15. The van der Waals surface area contributed by atoms with E-state index < -0.39 is 0 Å². The lowest BCUT2D eigenvalue weighted by atomic mass is 10.0. The van der Waals surface area contributed by atoms with Crippen molar-refractivity contribution in [3.05, 3.63) is 53.6 Å². The Kier molecular flexibility index (Phi) is 3.88. The molecule has 0 radical (unpaired) electrons. The maximum absolute atomic E-state index is 12.2. The summed E-state index contributed by atoms with van der Waals surface area (Å²) in [7, 11) is 0. The Hall–Kier alpha value is -2.13. The van der Waals surface area contributed by atoms with Gasteiger partial charge in [-0.2, -0.15) is 0 Å². The Morgan fingerprint density at radius 3 is 2.87 bits per heavy atom. The van der Waals surface area contributed by atoms with E-state index in [-0.39, 0.29) is 5.91 Å². The van der Waals surface area contributed by atoms with Gasteiger partial charge in [0, 0.05) is 12.1 Å². The normalized spacial score (nSPS) is 18.5. The topological polar surface area (TPSA) is 41.1 Å². The molecular weight excluding hydrogens is 284 g/mol. The van der Waals surface area contributed by atoms with Crippen LogP contribution in [0.5, 0.6) is 0 Å². The van der Waals surface area contributed by atoms with Crippen molar-refractivity contribution in [1.82, 2.24) is 5.32 Å². The van der Waals surface area contributed by atoms with Crippen LogP contribution in [0.15, 0.2) is 42.5 Å². The molecule has 2 aromatic rings. The number of carbonyl (C=O) groups excluding carboxylic acids is 1. The zero-order valence-corrected chi connectivity index (χ0v) is 13.3. The van der Waals surface area contributed by atoms with E-state index in [1.54, 1.807) is 0 Å². The first-order valence-electron chi connectivity index (χ1n) is 8.51. The first-order valence-corrected chi connectivity index (χ1v) is 8.51. The maximum Gasteiger partial charge on any atom is 0.224 e. The number of nitrogens with one attached hydrogen (secondary N) is 2. The molecule has 3 nitrogen and oxygen atoms in total. The van der Waals surface area contributed by atoms with Gasteiger partial charge < -0.3 is 10.6 Å². The highest BCUT2D eigenvalue weighted by molar-refractivity contribution is 5.91. The second-order valence-corrected chi connectivity index (χ2v) is 6.65. The van der Waals surface area contributed by atoms with Crippen molar-refractivity contribution in [3.8, 4) is 11.1 Å². The molecule has 1 fully saturated rings. The minimum absolute atomic E-state index is 0.132. The van der Waals surface area contributed by atoms with Gasteiger partial charge in [-0.25, -0.2) is 0 Å². The molecule has 1 amide bonds. The number of hydrogen-bond donors (Lipinski definition) is 2. The smallest absolute Gasteiger partial charge is 0.224 e. The fourth-order valence-electron chi connectivity index (χ4n) is 3.74. The summed E-state index contributed by atoms with van der Waals surface area (Å²) < 4.78 is 0. The van der Waals surface area contributed by atoms with Crippen LogP contribution in [0, 0.1) is 5.92 Å². The summed E-state index contributed by atoms with van der Waals surface area (Å²) in [6.07, 6.45) is 3.76. The Morgan fingerprint density at radius 1 is 1.13 bits per heavy atom. The van der Waals surface area contributed by atoms with Gasteiger partial charge >= 0.3 is 0 Å². The molecule has 118 valence electrons. The summed E-state index contributed by atoms with van der Waals surface area (Å²) >= 11 is 0. The standard InChI is InChI=1S/C20H22N2O/c23-20(8-5-14-9-10-21-13-14)22-17-6-7-19-16(12-17)11-15-3-1-2-4-18(15)19/h1-4,6-7,12,14,21H,5,8-11,13H2,(H,22,23). The van der Waals surface area contributed by atoms with Crippen molar-refractivity contribution < 1.29 is 4.79 Å². The highest BCUT2D eigenvalue weighted by Crippen LogP contribution is 2.37. The van der Waals surface area contributed by atoms with Crippen LogP contribution in [-0.4, -0.2) is 19.0 Å². The van der Waals surface area contributed by atoms with E-state index in [1.165, 1.54) is 28.7 Å². The number of anilines is 1. The third kappa shape index (κ3) is 3.02. The van der Waals surface area contributed by atoms with E-state index in [9.17, 15) is 4.79 Å². The Bertz CT molecular complexity index is 732. The Morgan fingerprint density at radius 2 is 2.00 bits per heavy atom. The molecule has 1 unspecified atom stereocenters. The molecule has 1 saturated heterocycles. The largest absolute Gasteiger partial charge is 0.326 e. The molecule has 1 aliphatic carbocycles. The molecule has 2 aromatic carbocycles. The molecule has 1 heterocycles. The molecular formula is C20H22N2O. The van der Waals surface area contributed by atoms with Crippen LogP contribution >= 0.6 is 0 Å². The minimum atomic E-state index is 0.132. The Labute approximate surface area is 137 Å². The molecule has 0 bridgehead atoms. The highest BCUT2D eigenvalue weighted by atomic mass is 16.1. The van der Waals surface area contributed by atoms with Crippen LogP contribution in [0.3, 0.4) is 0 Å². The maximum atomic E-state index is 12.2. The van der Waals surface area contributed by atoms with Crippen molar-refractivity contribution in [3.63, 3.8) is 0 Å². The molecule has 1 aliphatic heterocycles. The predicted molar refractivity (Wildman–Crippen MR) is 93.5 cm³/mol. The van der Waals surface area contributed by atoms with E-state index in [2.05, 4.69) is 47.0 Å². The monoisotopic (exact) mass is 306 g/mol. The van der Waals surface area contributed by atoms with Gasteiger partial charge in [0.2, 0.25) is 5.91 Å². The third-order valence-corrected chi connectivity index (χ3v) is 5.02. The average Bonchev–Trinajstić information content (AvgIpc) is 3.20. The second kappa shape index (κ2) is 6.17. The fraction of sp³-hybridized carbons (Fsp3) is 0.350. The van der Waals surface area contributed by atoms with Crippen molar-refractivity contribution in [2.75, 3.05) is 18.4 Å². The molecule has 4 rings (SSSR count). The third-order valence-electron chi connectivity index (χ3n) is 5.02.